The van der Waals surface area contributed by atoms with Crippen LogP contribution in [0.2, 0.25) is 0 Å². The molecule has 0 unspecified atom stereocenters. The zero-order chi connectivity index (χ0) is 27.3. The van der Waals surface area contributed by atoms with Crippen molar-refractivity contribution in [1.82, 2.24) is 8.87 Å². The lowest BCUT2D eigenvalue weighted by molar-refractivity contribution is -0.141. The number of sulfonamides is 1. The van der Waals surface area contributed by atoms with Gasteiger partial charge >= 0.3 is 5.97 Å². The molecule has 4 rings (SSSR count). The van der Waals surface area contributed by atoms with Gasteiger partial charge in [0, 0.05) is 18.7 Å². The minimum atomic E-state index is -3.77. The summed E-state index contributed by atoms with van der Waals surface area (Å²) in [6.45, 7) is 2.19. The number of esters is 1. The molecule has 0 N–H and O–H groups in total. The van der Waals surface area contributed by atoms with E-state index < -0.39 is 21.9 Å². The Morgan fingerprint density at radius 1 is 1.00 bits per heavy atom. The van der Waals surface area contributed by atoms with Gasteiger partial charge in [0.1, 0.15) is 12.3 Å². The minimum Gasteiger partial charge on any atom is -0.497 e. The van der Waals surface area contributed by atoms with Crippen molar-refractivity contribution in [3.8, 4) is 5.75 Å². The first-order chi connectivity index (χ1) is 18.3. The van der Waals surface area contributed by atoms with E-state index >= 15 is 0 Å². The lowest BCUT2D eigenvalue weighted by Gasteiger charge is -2.20. The molecule has 0 radical (unpaired) electrons. The molecular formula is C27H27N3O6S2. The van der Waals surface area contributed by atoms with Gasteiger partial charge in [-0.25, -0.2) is 8.42 Å². The lowest BCUT2D eigenvalue weighted by Crippen LogP contribution is -2.30. The summed E-state index contributed by atoms with van der Waals surface area (Å²) in [5.74, 6) is -0.422. The van der Waals surface area contributed by atoms with Crippen LogP contribution in [0.1, 0.15) is 22.8 Å². The third-order valence-corrected chi connectivity index (χ3v) is 8.87. The topological polar surface area (TPSA) is 107 Å². The molecule has 0 aliphatic carbocycles. The number of hydrogen-bond acceptors (Lipinski definition) is 7. The molecule has 0 atom stereocenters. The lowest BCUT2D eigenvalue weighted by atomic mass is 10.2. The van der Waals surface area contributed by atoms with Crippen LogP contribution in [0.4, 0.5) is 0 Å². The van der Waals surface area contributed by atoms with E-state index in [0.717, 1.165) is 10.3 Å². The minimum absolute atomic E-state index is 0.0848. The van der Waals surface area contributed by atoms with E-state index in [1.54, 1.807) is 36.8 Å². The van der Waals surface area contributed by atoms with Crippen LogP contribution in [0.15, 0.2) is 82.7 Å². The zero-order valence-electron chi connectivity index (χ0n) is 21.2. The maximum atomic E-state index is 13.2. The van der Waals surface area contributed by atoms with Gasteiger partial charge in [-0.15, -0.1) is 0 Å². The summed E-state index contributed by atoms with van der Waals surface area (Å²) in [4.78, 5) is 29.7. The second-order valence-electron chi connectivity index (χ2n) is 8.24. The molecule has 4 aromatic rings. The zero-order valence-corrected chi connectivity index (χ0v) is 22.8. The number of rotatable bonds is 9. The van der Waals surface area contributed by atoms with Crippen LogP contribution in [0, 0.1) is 0 Å². The molecule has 0 saturated heterocycles. The Morgan fingerprint density at radius 3 is 2.34 bits per heavy atom. The van der Waals surface area contributed by atoms with Gasteiger partial charge in [-0.1, -0.05) is 48.6 Å². The highest BCUT2D eigenvalue weighted by atomic mass is 32.2. The van der Waals surface area contributed by atoms with Crippen LogP contribution in [0.25, 0.3) is 10.2 Å². The van der Waals surface area contributed by atoms with Crippen molar-refractivity contribution in [3.63, 3.8) is 0 Å². The quantitative estimate of drug-likeness (QED) is 0.292. The van der Waals surface area contributed by atoms with Gasteiger partial charge < -0.3 is 14.0 Å². The van der Waals surface area contributed by atoms with Gasteiger partial charge in [0.2, 0.25) is 10.0 Å². The van der Waals surface area contributed by atoms with Crippen LogP contribution in [-0.2, 0) is 32.6 Å². The molecule has 0 aliphatic rings. The van der Waals surface area contributed by atoms with Gasteiger partial charge in [-0.3, -0.25) is 9.59 Å². The highest BCUT2D eigenvalue weighted by Gasteiger charge is 2.23. The van der Waals surface area contributed by atoms with Crippen molar-refractivity contribution in [1.29, 1.82) is 0 Å². The second-order valence-corrected chi connectivity index (χ2v) is 11.2. The summed E-state index contributed by atoms with van der Waals surface area (Å²) in [6, 6.07) is 20.4. The molecule has 198 valence electrons. The fraction of sp³-hybridized carbons (Fsp3) is 0.222. The average molecular weight is 554 g/mol. The van der Waals surface area contributed by atoms with E-state index in [0.29, 0.717) is 22.6 Å². The van der Waals surface area contributed by atoms with Crippen molar-refractivity contribution < 1.29 is 27.5 Å². The first-order valence-corrected chi connectivity index (χ1v) is 14.0. The fourth-order valence-electron chi connectivity index (χ4n) is 3.84. The maximum absolute atomic E-state index is 13.2. The molecule has 1 amide bonds. The first-order valence-electron chi connectivity index (χ1n) is 11.7. The van der Waals surface area contributed by atoms with Crippen molar-refractivity contribution in [2.24, 2.45) is 4.99 Å². The average Bonchev–Trinajstić information content (AvgIpc) is 3.27. The summed E-state index contributed by atoms with van der Waals surface area (Å²) in [6.07, 6.45) is 0. The Hall–Kier alpha value is -3.80. The number of amides is 1. The van der Waals surface area contributed by atoms with Crippen molar-refractivity contribution >= 4 is 43.5 Å². The van der Waals surface area contributed by atoms with Crippen LogP contribution >= 0.6 is 11.3 Å². The molecule has 3 aromatic carbocycles. The summed E-state index contributed by atoms with van der Waals surface area (Å²) in [7, 11) is -0.929. The van der Waals surface area contributed by atoms with E-state index in [2.05, 4.69) is 4.99 Å². The fourth-order valence-corrected chi connectivity index (χ4v) is 6.33. The van der Waals surface area contributed by atoms with E-state index in [4.69, 9.17) is 9.47 Å². The Bertz CT molecular complexity index is 1630. The SMILES string of the molecule is CCN(Cc1ccccc1)S(=O)(=O)c1ccc(C(=O)N=c2sc3cc(OC)ccc3n2CC(=O)OC)cc1. The summed E-state index contributed by atoms with van der Waals surface area (Å²) >= 11 is 1.23. The smallest absolute Gasteiger partial charge is 0.325 e. The Kier molecular flexibility index (Phi) is 8.40. The Balaban J connectivity index is 1.64. The van der Waals surface area contributed by atoms with E-state index in [1.807, 2.05) is 30.3 Å². The van der Waals surface area contributed by atoms with E-state index in [-0.39, 0.29) is 23.5 Å². The number of aromatic nitrogens is 1. The van der Waals surface area contributed by atoms with Gasteiger partial charge in [0.05, 0.1) is 29.3 Å². The Labute approximate surface area is 224 Å². The third kappa shape index (κ3) is 5.85. The van der Waals surface area contributed by atoms with Crippen molar-refractivity contribution in [2.75, 3.05) is 20.8 Å². The van der Waals surface area contributed by atoms with Crippen LogP contribution in [0.5, 0.6) is 5.75 Å². The van der Waals surface area contributed by atoms with Gasteiger partial charge in [-0.2, -0.15) is 9.30 Å². The molecule has 1 heterocycles. The van der Waals surface area contributed by atoms with Gasteiger partial charge in [-0.05, 0) is 48.0 Å². The summed E-state index contributed by atoms with van der Waals surface area (Å²) < 4.78 is 40.3. The van der Waals surface area contributed by atoms with Gasteiger partial charge in [0.15, 0.2) is 4.80 Å². The number of carbonyl (C=O) groups is 2. The number of fused-ring (bicyclic) bond motifs is 1. The van der Waals surface area contributed by atoms with Crippen LogP contribution < -0.4 is 9.54 Å². The number of hydrogen-bond donors (Lipinski definition) is 0. The molecular weight excluding hydrogens is 526 g/mol. The van der Waals surface area contributed by atoms with Crippen LogP contribution in [0.3, 0.4) is 0 Å². The molecule has 11 heteroatoms. The number of benzene rings is 3. The second kappa shape index (κ2) is 11.7. The van der Waals surface area contributed by atoms with Gasteiger partial charge in [0.25, 0.3) is 5.91 Å². The molecule has 0 aliphatic heterocycles. The summed E-state index contributed by atoms with van der Waals surface area (Å²) in [5, 5.41) is 0. The molecule has 0 bridgehead atoms. The third-order valence-electron chi connectivity index (χ3n) is 5.90. The highest BCUT2D eigenvalue weighted by Crippen LogP contribution is 2.24. The number of thiazole rings is 1. The molecule has 1 aromatic heterocycles. The van der Waals surface area contributed by atoms with Crippen molar-refractivity contribution in [2.45, 2.75) is 24.9 Å². The predicted octanol–water partition coefficient (Wildman–Crippen LogP) is 3.84. The number of nitrogens with zero attached hydrogens (tertiary/aromatic N) is 3. The number of ether oxygens (including phenoxy) is 2. The number of methoxy groups -OCH3 is 2. The maximum Gasteiger partial charge on any atom is 0.325 e. The van der Waals surface area contributed by atoms with Crippen LogP contribution in [-0.4, -0.2) is 49.9 Å². The van der Waals surface area contributed by atoms with E-state index in [9.17, 15) is 18.0 Å². The molecule has 9 nitrogen and oxygen atoms in total. The first kappa shape index (κ1) is 27.2. The molecule has 0 saturated carbocycles. The molecule has 0 spiro atoms. The Morgan fingerprint density at radius 2 is 1.71 bits per heavy atom. The molecule has 0 fully saturated rings. The predicted molar refractivity (Wildman–Crippen MR) is 144 cm³/mol. The normalized spacial score (nSPS) is 12.2. The standard InChI is InChI=1S/C27H27N3O6S2/c1-4-29(17-19-8-6-5-7-9-19)38(33,34)22-13-10-20(11-14-22)26(32)28-27-30(18-25(31)36-3)23-15-12-21(35-2)16-24(23)37-27/h5-16H,4,17-18H2,1-3H3. The number of carbonyl (C=O) groups excluding carboxylic acids is 2. The highest BCUT2D eigenvalue weighted by molar-refractivity contribution is 7.89. The largest absolute Gasteiger partial charge is 0.497 e. The monoisotopic (exact) mass is 553 g/mol. The van der Waals surface area contributed by atoms with E-state index in [1.165, 1.54) is 47.0 Å². The summed E-state index contributed by atoms with van der Waals surface area (Å²) in [5.41, 5.74) is 1.80. The molecule has 38 heavy (non-hydrogen) atoms. The van der Waals surface area contributed by atoms with Crippen molar-refractivity contribution in [3.05, 3.63) is 88.7 Å².